The summed E-state index contributed by atoms with van der Waals surface area (Å²) in [5.74, 6) is -2.76. The van der Waals surface area contributed by atoms with Crippen LogP contribution in [0.15, 0.2) is 0 Å². The normalized spacial score (nSPS) is 11.6. The van der Waals surface area contributed by atoms with Crippen LogP contribution in [0.2, 0.25) is 0 Å². The van der Waals surface area contributed by atoms with Crippen molar-refractivity contribution in [3.05, 3.63) is 0 Å². The van der Waals surface area contributed by atoms with Gasteiger partial charge in [0.1, 0.15) is 0 Å². The molecule has 2 N–H and O–H groups in total. The highest BCUT2D eigenvalue weighted by molar-refractivity contribution is 5.73. The fraction of sp³-hybridized carbons (Fsp3) is 0.750. The molecule has 0 aromatic rings. The van der Waals surface area contributed by atoms with Crippen molar-refractivity contribution in [3.8, 4) is 0 Å². The first kappa shape index (κ1) is 14.5. The van der Waals surface area contributed by atoms with Gasteiger partial charge < -0.3 is 10.2 Å². The number of carbonyl (C=O) groups is 1. The molecule has 0 atom stereocenters. The van der Waals surface area contributed by atoms with Crippen LogP contribution in [0, 0.1) is 0 Å². The summed E-state index contributed by atoms with van der Waals surface area (Å²) in [7, 11) is 0. The quantitative estimate of drug-likeness (QED) is 0.644. The maximum atomic E-state index is 10.6. The van der Waals surface area contributed by atoms with E-state index in [1.54, 1.807) is 0 Å². The Balaban J connectivity index is 0. The predicted molar refractivity (Wildman–Crippen MR) is 26.8 cm³/mol. The molecule has 0 saturated heterocycles. The molecular weight excluding hydrogens is 210 g/mol. The maximum absolute atomic E-state index is 10.6. The van der Waals surface area contributed by atoms with Crippen molar-refractivity contribution in [2.75, 3.05) is 6.67 Å². The molecule has 9 heteroatoms. The first-order valence-corrected chi connectivity index (χ1v) is 2.47. The average molecular weight is 214 g/mol. The van der Waals surface area contributed by atoms with Crippen LogP contribution in [0.1, 0.15) is 0 Å². The Morgan fingerprint density at radius 1 is 1.15 bits per heavy atom. The van der Waals surface area contributed by atoms with Crippen molar-refractivity contribution in [2.24, 2.45) is 0 Å². The largest absolute Gasteiger partial charge is 0.490 e. The fourth-order valence-corrected chi connectivity index (χ4v) is 0. The molecule has 0 radical (unpaired) electrons. The van der Waals surface area contributed by atoms with Crippen molar-refractivity contribution in [3.63, 3.8) is 0 Å². The van der Waals surface area contributed by atoms with Crippen molar-refractivity contribution >= 4 is 5.97 Å². The molecule has 0 saturated carbocycles. The van der Waals surface area contributed by atoms with E-state index in [1.807, 2.05) is 0 Å². The Morgan fingerprint density at radius 3 is 1.31 bits per heavy atom. The van der Waals surface area contributed by atoms with Gasteiger partial charge in [-0.2, -0.15) is 22.0 Å². The third kappa shape index (κ3) is 13.9. The maximum Gasteiger partial charge on any atom is 0.490 e. The lowest BCUT2D eigenvalue weighted by molar-refractivity contribution is -0.208. The van der Waals surface area contributed by atoms with Crippen LogP contribution < -0.4 is 0 Å². The van der Waals surface area contributed by atoms with Crippen LogP contribution in [0.5, 0.6) is 0 Å². The molecule has 0 aromatic heterocycles. The first-order chi connectivity index (χ1) is 5.50. The number of hydrogen-bond acceptors (Lipinski definition) is 2. The van der Waals surface area contributed by atoms with Gasteiger partial charge in [-0.05, 0) is 0 Å². The van der Waals surface area contributed by atoms with Gasteiger partial charge in [0.15, 0.2) is 6.67 Å². The van der Waals surface area contributed by atoms with Crippen LogP contribution in [-0.4, -0.2) is 35.1 Å². The number of carboxylic acids is 1. The highest BCUT2D eigenvalue weighted by atomic mass is 19.4. The van der Waals surface area contributed by atoms with E-state index >= 15 is 0 Å². The Morgan fingerprint density at radius 2 is 1.31 bits per heavy atom. The molecular formula is C4H4F6O3. The lowest BCUT2D eigenvalue weighted by atomic mass is 10.7. The summed E-state index contributed by atoms with van der Waals surface area (Å²) in [6.07, 6.45) is -9.21. The van der Waals surface area contributed by atoms with Crippen LogP contribution in [-0.2, 0) is 4.79 Å². The molecule has 0 aliphatic rings. The second kappa shape index (κ2) is 4.90. The Labute approximate surface area is 67.6 Å². The predicted octanol–water partition coefficient (Wildman–Crippen LogP) is 1.17. The van der Waals surface area contributed by atoms with E-state index in [4.69, 9.17) is 15.0 Å². The van der Waals surface area contributed by atoms with Gasteiger partial charge in [-0.25, -0.2) is 9.18 Å². The van der Waals surface area contributed by atoms with Crippen LogP contribution >= 0.6 is 0 Å². The second-order valence-electron chi connectivity index (χ2n) is 1.60. The molecule has 0 fully saturated rings. The van der Waals surface area contributed by atoms with Gasteiger partial charge in [0, 0.05) is 0 Å². The number of aliphatic hydroxyl groups is 1. The van der Waals surface area contributed by atoms with Crippen molar-refractivity contribution in [1.82, 2.24) is 0 Å². The van der Waals surface area contributed by atoms with E-state index in [-0.39, 0.29) is 0 Å². The van der Waals surface area contributed by atoms with Gasteiger partial charge in [-0.1, -0.05) is 0 Å². The molecule has 0 aliphatic heterocycles. The summed E-state index contributed by atoms with van der Waals surface area (Å²) in [5, 5.41) is 14.2. The van der Waals surface area contributed by atoms with Crippen LogP contribution in [0.25, 0.3) is 0 Å². The molecule has 0 aliphatic carbocycles. The molecule has 0 rings (SSSR count). The van der Waals surface area contributed by atoms with E-state index in [1.165, 1.54) is 0 Å². The molecule has 13 heavy (non-hydrogen) atoms. The average Bonchev–Trinajstić information content (AvgIpc) is 1.85. The zero-order chi connectivity index (χ0) is 11.3. The van der Waals surface area contributed by atoms with Gasteiger partial charge in [-0.15, -0.1) is 0 Å². The van der Waals surface area contributed by atoms with E-state index < -0.39 is 24.9 Å². The van der Waals surface area contributed by atoms with E-state index in [2.05, 4.69) is 0 Å². The summed E-state index contributed by atoms with van der Waals surface area (Å²) >= 11 is 0. The van der Waals surface area contributed by atoms with Crippen molar-refractivity contribution in [1.29, 1.82) is 0 Å². The molecule has 3 nitrogen and oxygen atoms in total. The van der Waals surface area contributed by atoms with Crippen molar-refractivity contribution < 1.29 is 41.4 Å². The van der Waals surface area contributed by atoms with E-state index in [9.17, 15) is 26.3 Å². The number of alkyl halides is 6. The molecule has 0 spiro atoms. The molecule has 80 valence electrons. The first-order valence-electron chi connectivity index (χ1n) is 2.47. The summed E-state index contributed by atoms with van der Waals surface area (Å²) in [6, 6.07) is 0. The smallest absolute Gasteiger partial charge is 0.475 e. The van der Waals surface area contributed by atoms with Crippen LogP contribution in [0.4, 0.5) is 26.3 Å². The Kier molecular flexibility index (Phi) is 5.47. The third-order valence-electron chi connectivity index (χ3n) is 0.403. The number of halogens is 6. The summed E-state index contributed by atoms with van der Waals surface area (Å²) < 4.78 is 63.5. The van der Waals surface area contributed by atoms with E-state index in [0.717, 1.165) is 0 Å². The minimum absolute atomic E-state index is 2.01. The van der Waals surface area contributed by atoms with Gasteiger partial charge >= 0.3 is 18.3 Å². The summed E-state index contributed by atoms with van der Waals surface area (Å²) in [5.41, 5.74) is 0. The second-order valence-corrected chi connectivity index (χ2v) is 1.60. The van der Waals surface area contributed by atoms with E-state index in [0.29, 0.717) is 0 Å². The SMILES string of the molecule is O=C(O)C(F)(F)F.OC(F)(F)CF. The zero-order valence-electron chi connectivity index (χ0n) is 5.78. The third-order valence-corrected chi connectivity index (χ3v) is 0.403. The highest BCUT2D eigenvalue weighted by Crippen LogP contribution is 2.13. The number of aliphatic carboxylic acids is 1. The number of rotatable bonds is 1. The molecule has 0 amide bonds. The van der Waals surface area contributed by atoms with Gasteiger partial charge in [-0.3, -0.25) is 0 Å². The minimum Gasteiger partial charge on any atom is -0.475 e. The van der Waals surface area contributed by atoms with Gasteiger partial charge in [0.2, 0.25) is 0 Å². The Hall–Kier alpha value is -0.990. The van der Waals surface area contributed by atoms with Gasteiger partial charge in [0.25, 0.3) is 0 Å². The monoisotopic (exact) mass is 214 g/mol. The number of carboxylic acid groups (broad SMARTS) is 1. The van der Waals surface area contributed by atoms with Crippen molar-refractivity contribution in [2.45, 2.75) is 12.3 Å². The fourth-order valence-electron chi connectivity index (χ4n) is 0. The standard InChI is InChI=1S/C2HF3O2.C2H3F3O/c3-2(4,5)1(6)7;3-1-2(4,5)6/h(H,6,7);6H,1H2. The lowest BCUT2D eigenvalue weighted by Crippen LogP contribution is -2.21. The lowest BCUT2D eigenvalue weighted by Gasteiger charge is -1.97. The molecule has 0 bridgehead atoms. The highest BCUT2D eigenvalue weighted by Gasteiger charge is 2.38. The number of hydrogen-bond donors (Lipinski definition) is 2. The minimum atomic E-state index is -5.08. The molecule has 0 heterocycles. The van der Waals surface area contributed by atoms with Crippen LogP contribution in [0.3, 0.4) is 0 Å². The Bertz CT molecular complexity index is 158. The molecule has 0 aromatic carbocycles. The molecule has 0 unspecified atom stereocenters. The van der Waals surface area contributed by atoms with Gasteiger partial charge in [0.05, 0.1) is 0 Å². The summed E-state index contributed by atoms with van der Waals surface area (Å²) in [6.45, 7) is -2.01. The zero-order valence-corrected chi connectivity index (χ0v) is 5.78. The topological polar surface area (TPSA) is 57.5 Å². The summed E-state index contributed by atoms with van der Waals surface area (Å²) in [4.78, 5) is 8.90.